The van der Waals surface area contributed by atoms with E-state index < -0.39 is 10.0 Å². The maximum atomic E-state index is 12.1. The summed E-state index contributed by atoms with van der Waals surface area (Å²) >= 11 is 0. The third-order valence-corrected chi connectivity index (χ3v) is 4.25. The molecule has 142 valence electrons. The largest absolute Gasteiger partial charge is 0.484 e. The van der Waals surface area contributed by atoms with Crippen LogP contribution in [0.15, 0.2) is 48.5 Å². The molecule has 2 N–H and O–H groups in total. The standard InChI is InChI=1S/C19H21N3O4S/c1-14(16-4-3-5-17(12-16)22-27(2,24)25)21-19(23)13-26-18-8-6-15(7-9-18)10-11-20/h3-9,12,14,22H,10,13H2,1-2H3,(H,21,23). The lowest BCUT2D eigenvalue weighted by Gasteiger charge is -2.16. The number of nitriles is 1. The molecule has 0 fully saturated rings. The average Bonchev–Trinajstić information content (AvgIpc) is 2.60. The SMILES string of the molecule is CC(NC(=O)COc1ccc(CC#N)cc1)c1cccc(NS(C)(=O)=O)c1. The van der Waals surface area contributed by atoms with Crippen LogP contribution in [0, 0.1) is 11.3 Å². The van der Waals surface area contributed by atoms with Crippen molar-refractivity contribution >= 4 is 21.6 Å². The number of carbonyl (C=O) groups is 1. The van der Waals surface area contributed by atoms with Gasteiger partial charge in [-0.05, 0) is 42.3 Å². The number of amides is 1. The van der Waals surface area contributed by atoms with Crippen LogP contribution >= 0.6 is 0 Å². The van der Waals surface area contributed by atoms with Crippen molar-refractivity contribution < 1.29 is 17.9 Å². The van der Waals surface area contributed by atoms with E-state index in [0.717, 1.165) is 17.4 Å². The van der Waals surface area contributed by atoms with Gasteiger partial charge in [-0.3, -0.25) is 9.52 Å². The van der Waals surface area contributed by atoms with Gasteiger partial charge >= 0.3 is 0 Å². The van der Waals surface area contributed by atoms with Crippen molar-refractivity contribution in [2.75, 3.05) is 17.6 Å². The molecule has 0 bridgehead atoms. The molecule has 2 aromatic rings. The van der Waals surface area contributed by atoms with E-state index in [1.54, 1.807) is 55.5 Å². The number of benzene rings is 2. The monoisotopic (exact) mass is 387 g/mol. The Morgan fingerprint density at radius 3 is 2.56 bits per heavy atom. The Bertz CT molecular complexity index is 934. The number of hydrogen-bond donors (Lipinski definition) is 2. The maximum absolute atomic E-state index is 12.1. The van der Waals surface area contributed by atoms with Crippen LogP contribution in [0.2, 0.25) is 0 Å². The van der Waals surface area contributed by atoms with E-state index in [-0.39, 0.29) is 18.6 Å². The van der Waals surface area contributed by atoms with Crippen molar-refractivity contribution in [3.63, 3.8) is 0 Å². The molecule has 0 aliphatic rings. The van der Waals surface area contributed by atoms with Crippen molar-refractivity contribution in [2.45, 2.75) is 19.4 Å². The molecule has 0 aliphatic carbocycles. The van der Waals surface area contributed by atoms with Gasteiger partial charge in [-0.1, -0.05) is 24.3 Å². The third kappa shape index (κ3) is 6.99. The fourth-order valence-corrected chi connectivity index (χ4v) is 2.95. The van der Waals surface area contributed by atoms with Gasteiger partial charge in [0.25, 0.3) is 5.91 Å². The van der Waals surface area contributed by atoms with Crippen molar-refractivity contribution in [1.29, 1.82) is 5.26 Å². The van der Waals surface area contributed by atoms with Gasteiger partial charge < -0.3 is 10.1 Å². The minimum Gasteiger partial charge on any atom is -0.484 e. The molecular formula is C19H21N3O4S. The molecule has 0 radical (unpaired) electrons. The Morgan fingerprint density at radius 2 is 1.93 bits per heavy atom. The zero-order valence-corrected chi connectivity index (χ0v) is 15.9. The van der Waals surface area contributed by atoms with Gasteiger partial charge in [0, 0.05) is 5.69 Å². The van der Waals surface area contributed by atoms with Gasteiger partial charge in [0.05, 0.1) is 24.8 Å². The van der Waals surface area contributed by atoms with E-state index in [9.17, 15) is 13.2 Å². The molecule has 0 aliphatic heterocycles. The minimum atomic E-state index is -3.36. The minimum absolute atomic E-state index is 0.150. The molecule has 2 rings (SSSR count). The molecule has 1 amide bonds. The van der Waals surface area contributed by atoms with Crippen molar-refractivity contribution in [1.82, 2.24) is 5.32 Å². The smallest absolute Gasteiger partial charge is 0.258 e. The zero-order chi connectivity index (χ0) is 19.9. The third-order valence-electron chi connectivity index (χ3n) is 3.64. The highest BCUT2D eigenvalue weighted by Gasteiger charge is 2.11. The molecule has 0 saturated heterocycles. The fraction of sp³-hybridized carbons (Fsp3) is 0.263. The predicted molar refractivity (Wildman–Crippen MR) is 103 cm³/mol. The zero-order valence-electron chi connectivity index (χ0n) is 15.1. The topological polar surface area (TPSA) is 108 Å². The van der Waals surface area contributed by atoms with Crippen LogP contribution in [0.4, 0.5) is 5.69 Å². The number of hydrogen-bond acceptors (Lipinski definition) is 5. The highest BCUT2D eigenvalue weighted by Crippen LogP contribution is 2.18. The second-order valence-corrected chi connectivity index (χ2v) is 7.80. The van der Waals surface area contributed by atoms with Gasteiger partial charge in [0.1, 0.15) is 5.75 Å². The molecule has 27 heavy (non-hydrogen) atoms. The lowest BCUT2D eigenvalue weighted by Crippen LogP contribution is -2.31. The first-order chi connectivity index (χ1) is 12.8. The van der Waals surface area contributed by atoms with Crippen LogP contribution in [0.3, 0.4) is 0 Å². The van der Waals surface area contributed by atoms with Gasteiger partial charge in [-0.15, -0.1) is 0 Å². The van der Waals surface area contributed by atoms with E-state index in [1.807, 2.05) is 0 Å². The van der Waals surface area contributed by atoms with E-state index in [0.29, 0.717) is 17.9 Å². The Hall–Kier alpha value is -3.05. The summed E-state index contributed by atoms with van der Waals surface area (Å²) in [6.45, 7) is 1.65. The van der Waals surface area contributed by atoms with E-state index >= 15 is 0 Å². The van der Waals surface area contributed by atoms with E-state index in [4.69, 9.17) is 10.00 Å². The summed E-state index contributed by atoms with van der Waals surface area (Å²) < 4.78 is 30.5. The highest BCUT2D eigenvalue weighted by molar-refractivity contribution is 7.92. The molecular weight excluding hydrogens is 366 g/mol. The average molecular weight is 387 g/mol. The van der Waals surface area contributed by atoms with E-state index in [2.05, 4.69) is 16.1 Å². The fourth-order valence-electron chi connectivity index (χ4n) is 2.40. The number of ether oxygens (including phenoxy) is 1. The molecule has 1 atom stereocenters. The second-order valence-electron chi connectivity index (χ2n) is 6.06. The van der Waals surface area contributed by atoms with Crippen molar-refractivity contribution in [3.05, 3.63) is 59.7 Å². The highest BCUT2D eigenvalue weighted by atomic mass is 32.2. The van der Waals surface area contributed by atoms with Crippen LogP contribution in [0.5, 0.6) is 5.75 Å². The summed E-state index contributed by atoms with van der Waals surface area (Å²) in [5, 5.41) is 11.5. The number of anilines is 1. The number of sulfonamides is 1. The Balaban J connectivity index is 1.90. The van der Waals surface area contributed by atoms with Crippen LogP contribution < -0.4 is 14.8 Å². The summed E-state index contributed by atoms with van der Waals surface area (Å²) in [5.74, 6) is 0.240. The Labute approximate surface area is 159 Å². The first-order valence-corrected chi connectivity index (χ1v) is 10.1. The first-order valence-electron chi connectivity index (χ1n) is 8.22. The molecule has 0 aromatic heterocycles. The van der Waals surface area contributed by atoms with Gasteiger partial charge in [-0.2, -0.15) is 5.26 Å². The summed E-state index contributed by atoms with van der Waals surface area (Å²) in [5.41, 5.74) is 2.08. The van der Waals surface area contributed by atoms with Crippen molar-refractivity contribution in [2.24, 2.45) is 0 Å². The van der Waals surface area contributed by atoms with E-state index in [1.165, 1.54) is 0 Å². The number of nitrogens with zero attached hydrogens (tertiary/aromatic N) is 1. The Kier molecular flexibility index (Phi) is 6.79. The van der Waals surface area contributed by atoms with Crippen LogP contribution in [0.1, 0.15) is 24.1 Å². The maximum Gasteiger partial charge on any atom is 0.258 e. The van der Waals surface area contributed by atoms with Gasteiger partial charge in [0.2, 0.25) is 10.0 Å². The molecule has 0 saturated carbocycles. The molecule has 0 heterocycles. The van der Waals surface area contributed by atoms with Gasteiger partial charge in [0.15, 0.2) is 6.61 Å². The molecule has 1 unspecified atom stereocenters. The molecule has 7 nitrogen and oxygen atoms in total. The van der Waals surface area contributed by atoms with Crippen LogP contribution in [-0.2, 0) is 21.2 Å². The van der Waals surface area contributed by atoms with Crippen molar-refractivity contribution in [3.8, 4) is 11.8 Å². The van der Waals surface area contributed by atoms with Gasteiger partial charge in [-0.25, -0.2) is 8.42 Å². The van der Waals surface area contributed by atoms with Crippen LogP contribution in [-0.4, -0.2) is 27.2 Å². The van der Waals surface area contributed by atoms with Crippen LogP contribution in [0.25, 0.3) is 0 Å². The summed E-state index contributed by atoms with van der Waals surface area (Å²) in [6.07, 6.45) is 1.40. The lowest BCUT2D eigenvalue weighted by molar-refractivity contribution is -0.123. The quantitative estimate of drug-likeness (QED) is 0.723. The Morgan fingerprint density at radius 1 is 1.22 bits per heavy atom. The predicted octanol–water partition coefficient (Wildman–Crippen LogP) is 2.38. The lowest BCUT2D eigenvalue weighted by atomic mass is 10.1. The number of rotatable bonds is 8. The normalized spacial score (nSPS) is 11.9. The molecule has 8 heteroatoms. The summed E-state index contributed by atoms with van der Waals surface area (Å²) in [6, 6.07) is 15.5. The summed E-state index contributed by atoms with van der Waals surface area (Å²) in [7, 11) is -3.36. The summed E-state index contributed by atoms with van der Waals surface area (Å²) in [4.78, 5) is 12.1. The number of nitrogens with one attached hydrogen (secondary N) is 2. The molecule has 0 spiro atoms. The first kappa shape index (κ1) is 20.3. The second kappa shape index (κ2) is 9.05. The number of carbonyl (C=O) groups excluding carboxylic acids is 1. The molecule has 2 aromatic carbocycles.